The van der Waals surface area contributed by atoms with Crippen molar-refractivity contribution in [2.75, 3.05) is 11.9 Å². The molecule has 20 heavy (non-hydrogen) atoms. The molecule has 0 radical (unpaired) electrons. The van der Waals surface area contributed by atoms with Crippen LogP contribution in [0.3, 0.4) is 0 Å². The number of hydrogen-bond donors (Lipinski definition) is 2. The normalized spacial score (nSPS) is 11.6. The van der Waals surface area contributed by atoms with Crippen molar-refractivity contribution in [2.45, 2.75) is 33.2 Å². The molecule has 2 N–H and O–H groups in total. The Kier molecular flexibility index (Phi) is 4.20. The second-order valence-electron chi connectivity index (χ2n) is 5.13. The number of nitrogens with one attached hydrogen (secondary N) is 2. The molecule has 2 aromatic rings. The van der Waals surface area contributed by atoms with Crippen LogP contribution in [-0.4, -0.2) is 22.6 Å². The summed E-state index contributed by atoms with van der Waals surface area (Å²) in [5.74, 6) is 0.920. The lowest BCUT2D eigenvalue weighted by molar-refractivity contribution is -0.115. The lowest BCUT2D eigenvalue weighted by atomic mass is 10.1. The smallest absolute Gasteiger partial charge is 0.239 e. The van der Waals surface area contributed by atoms with Gasteiger partial charge in [0.2, 0.25) is 5.91 Å². The van der Waals surface area contributed by atoms with Crippen molar-refractivity contribution < 1.29 is 9.32 Å². The Hall–Kier alpha value is -1.73. The predicted molar refractivity (Wildman–Crippen MR) is 77.7 cm³/mol. The molecule has 0 fully saturated rings. The number of carbonyl (C=O) groups is 1. The molecule has 0 bridgehead atoms. The number of amides is 1. The summed E-state index contributed by atoms with van der Waals surface area (Å²) in [6.45, 7) is 7.96. The van der Waals surface area contributed by atoms with E-state index < -0.39 is 0 Å². The summed E-state index contributed by atoms with van der Waals surface area (Å²) in [6, 6.07) is 1.67. The Bertz CT molecular complexity index is 603. The van der Waals surface area contributed by atoms with Gasteiger partial charge in [-0.25, -0.2) is 4.98 Å². The number of carbonyl (C=O) groups excluding carboxylic acids is 1. The van der Waals surface area contributed by atoms with Crippen molar-refractivity contribution in [3.05, 3.63) is 27.9 Å². The average molecular weight is 294 g/mol. The van der Waals surface area contributed by atoms with Gasteiger partial charge in [0.25, 0.3) is 0 Å². The molecule has 2 heterocycles. The minimum Gasteiger partial charge on any atom is -0.360 e. The van der Waals surface area contributed by atoms with E-state index in [9.17, 15) is 4.79 Å². The summed E-state index contributed by atoms with van der Waals surface area (Å²) in [5.41, 5.74) is -0.351. The van der Waals surface area contributed by atoms with Crippen molar-refractivity contribution in [1.82, 2.24) is 15.5 Å². The fourth-order valence-corrected chi connectivity index (χ4v) is 2.48. The van der Waals surface area contributed by atoms with Gasteiger partial charge in [0.15, 0.2) is 5.82 Å². The highest BCUT2D eigenvalue weighted by molar-refractivity contribution is 7.11. The van der Waals surface area contributed by atoms with Crippen LogP contribution >= 0.6 is 11.3 Å². The standard InChI is InChI=1S/C13H18N4O2S/c1-8-5-10(17-19-8)16-11(18)7-15-13(3,4)12-14-6-9(2)20-12/h5-6,15H,7H2,1-4H3,(H,16,17,18). The third kappa shape index (κ3) is 3.64. The Labute approximate surface area is 121 Å². The monoisotopic (exact) mass is 294 g/mol. The number of anilines is 1. The fraction of sp³-hybridized carbons (Fsp3) is 0.462. The highest BCUT2D eigenvalue weighted by Gasteiger charge is 2.24. The molecule has 0 spiro atoms. The highest BCUT2D eigenvalue weighted by Crippen LogP contribution is 2.24. The number of thiazole rings is 1. The number of aromatic nitrogens is 2. The van der Waals surface area contributed by atoms with Gasteiger partial charge in [-0.1, -0.05) is 5.16 Å². The lowest BCUT2D eigenvalue weighted by Crippen LogP contribution is -2.41. The van der Waals surface area contributed by atoms with Crippen LogP contribution in [0.15, 0.2) is 16.8 Å². The largest absolute Gasteiger partial charge is 0.360 e. The third-order valence-corrected chi connectivity index (χ3v) is 3.98. The molecule has 2 aromatic heterocycles. The maximum Gasteiger partial charge on any atom is 0.239 e. The van der Waals surface area contributed by atoms with E-state index in [1.165, 1.54) is 0 Å². The predicted octanol–water partition coefficient (Wildman–Crippen LogP) is 2.21. The van der Waals surface area contributed by atoms with E-state index in [1.807, 2.05) is 27.0 Å². The van der Waals surface area contributed by atoms with Gasteiger partial charge in [-0.2, -0.15) is 0 Å². The Morgan fingerprint density at radius 2 is 2.20 bits per heavy atom. The second kappa shape index (κ2) is 5.72. The molecule has 0 saturated carbocycles. The van der Waals surface area contributed by atoms with Crippen LogP contribution < -0.4 is 10.6 Å². The molecule has 0 saturated heterocycles. The summed E-state index contributed by atoms with van der Waals surface area (Å²) < 4.78 is 4.89. The molecule has 108 valence electrons. The zero-order valence-corrected chi connectivity index (χ0v) is 12.8. The van der Waals surface area contributed by atoms with Gasteiger partial charge in [0.1, 0.15) is 10.8 Å². The summed E-state index contributed by atoms with van der Waals surface area (Å²) >= 11 is 1.62. The van der Waals surface area contributed by atoms with Crippen molar-refractivity contribution in [2.24, 2.45) is 0 Å². The molecule has 0 aliphatic carbocycles. The van der Waals surface area contributed by atoms with Crippen LogP contribution in [0.2, 0.25) is 0 Å². The van der Waals surface area contributed by atoms with Gasteiger partial charge in [-0.15, -0.1) is 11.3 Å². The van der Waals surface area contributed by atoms with E-state index in [2.05, 4.69) is 20.8 Å². The maximum absolute atomic E-state index is 11.8. The molecule has 7 heteroatoms. The van der Waals surface area contributed by atoms with E-state index in [0.29, 0.717) is 11.6 Å². The van der Waals surface area contributed by atoms with Crippen LogP contribution in [0.25, 0.3) is 0 Å². The first-order valence-electron chi connectivity index (χ1n) is 6.28. The van der Waals surface area contributed by atoms with Gasteiger partial charge in [0, 0.05) is 17.1 Å². The Morgan fingerprint density at radius 1 is 1.45 bits per heavy atom. The average Bonchev–Trinajstić information content (AvgIpc) is 2.96. The number of hydrogen-bond acceptors (Lipinski definition) is 6. The molecule has 6 nitrogen and oxygen atoms in total. The second-order valence-corrected chi connectivity index (χ2v) is 6.36. The van der Waals surface area contributed by atoms with Crippen molar-refractivity contribution in [3.8, 4) is 0 Å². The molecule has 1 amide bonds. The van der Waals surface area contributed by atoms with E-state index in [-0.39, 0.29) is 18.0 Å². The number of rotatable bonds is 5. The first-order chi connectivity index (χ1) is 9.37. The van der Waals surface area contributed by atoms with Gasteiger partial charge in [-0.05, 0) is 27.7 Å². The third-order valence-electron chi connectivity index (χ3n) is 2.74. The first kappa shape index (κ1) is 14.7. The zero-order valence-electron chi connectivity index (χ0n) is 12.0. The lowest BCUT2D eigenvalue weighted by Gasteiger charge is -2.23. The number of aryl methyl sites for hydroxylation is 2. The summed E-state index contributed by atoms with van der Waals surface area (Å²) in [7, 11) is 0. The van der Waals surface area contributed by atoms with Gasteiger partial charge < -0.3 is 9.84 Å². The van der Waals surface area contributed by atoms with Crippen molar-refractivity contribution in [3.63, 3.8) is 0 Å². The molecule has 0 aliphatic rings. The first-order valence-corrected chi connectivity index (χ1v) is 7.09. The molecular weight excluding hydrogens is 276 g/mol. The zero-order chi connectivity index (χ0) is 14.8. The fourth-order valence-electron chi connectivity index (χ4n) is 1.63. The Balaban J connectivity index is 1.89. The quantitative estimate of drug-likeness (QED) is 0.883. The molecule has 0 aromatic carbocycles. The van der Waals surface area contributed by atoms with Crippen molar-refractivity contribution in [1.29, 1.82) is 0 Å². The molecule has 0 aliphatic heterocycles. The number of nitrogens with zero attached hydrogens (tertiary/aromatic N) is 2. The van der Waals surface area contributed by atoms with Crippen LogP contribution in [0.4, 0.5) is 5.82 Å². The van der Waals surface area contributed by atoms with Crippen LogP contribution in [-0.2, 0) is 10.3 Å². The Morgan fingerprint density at radius 3 is 2.75 bits per heavy atom. The molecule has 0 atom stereocenters. The topological polar surface area (TPSA) is 80.0 Å². The van der Waals surface area contributed by atoms with Crippen LogP contribution in [0.5, 0.6) is 0 Å². The van der Waals surface area contributed by atoms with E-state index >= 15 is 0 Å². The summed E-state index contributed by atoms with van der Waals surface area (Å²) in [4.78, 5) is 17.3. The van der Waals surface area contributed by atoms with Crippen molar-refractivity contribution >= 4 is 23.1 Å². The van der Waals surface area contributed by atoms with Crippen LogP contribution in [0, 0.1) is 13.8 Å². The summed E-state index contributed by atoms with van der Waals surface area (Å²) in [6.07, 6.45) is 1.83. The summed E-state index contributed by atoms with van der Waals surface area (Å²) in [5, 5.41) is 10.5. The van der Waals surface area contributed by atoms with Gasteiger partial charge >= 0.3 is 0 Å². The molecule has 0 unspecified atom stereocenters. The molecular formula is C13H18N4O2S. The minimum absolute atomic E-state index is 0.167. The van der Waals surface area contributed by atoms with E-state index in [4.69, 9.17) is 4.52 Å². The van der Waals surface area contributed by atoms with E-state index in [1.54, 1.807) is 24.3 Å². The SMILES string of the molecule is Cc1cc(NC(=O)CNC(C)(C)c2ncc(C)s2)no1. The van der Waals surface area contributed by atoms with E-state index in [0.717, 1.165) is 9.88 Å². The highest BCUT2D eigenvalue weighted by atomic mass is 32.1. The van der Waals surface area contributed by atoms with Gasteiger partial charge in [0.05, 0.1) is 12.1 Å². The van der Waals surface area contributed by atoms with Crippen LogP contribution in [0.1, 0.15) is 29.5 Å². The maximum atomic E-state index is 11.8. The minimum atomic E-state index is -0.351. The molecule has 2 rings (SSSR count). The van der Waals surface area contributed by atoms with Gasteiger partial charge in [-0.3, -0.25) is 10.1 Å².